The normalized spacial score (nSPS) is 24.1. The Hall–Kier alpha value is -0.870. The van der Waals surface area contributed by atoms with Gasteiger partial charge in [0.05, 0.1) is 5.69 Å². The SMILES string of the molecule is CC(C)Cc1nc2c(n1C1CCN(C)C1)CCNC2. The summed E-state index contributed by atoms with van der Waals surface area (Å²) in [6, 6.07) is 0.646. The molecule has 4 nitrogen and oxygen atoms in total. The summed E-state index contributed by atoms with van der Waals surface area (Å²) in [6.07, 6.45) is 3.52. The molecular formula is C15H26N4. The summed E-state index contributed by atoms with van der Waals surface area (Å²) in [5, 5.41) is 3.45. The molecule has 1 saturated heterocycles. The fourth-order valence-corrected chi connectivity index (χ4v) is 3.45. The lowest BCUT2D eigenvalue weighted by Crippen LogP contribution is -2.27. The van der Waals surface area contributed by atoms with Gasteiger partial charge in [0.15, 0.2) is 0 Å². The third-order valence-electron chi connectivity index (χ3n) is 4.32. The van der Waals surface area contributed by atoms with Crippen molar-refractivity contribution in [2.45, 2.75) is 45.7 Å². The van der Waals surface area contributed by atoms with Gasteiger partial charge in [-0.25, -0.2) is 4.98 Å². The highest BCUT2D eigenvalue weighted by atomic mass is 15.2. The van der Waals surface area contributed by atoms with E-state index in [1.165, 1.54) is 36.7 Å². The number of hydrogen-bond donors (Lipinski definition) is 1. The van der Waals surface area contributed by atoms with Gasteiger partial charge in [0.2, 0.25) is 0 Å². The van der Waals surface area contributed by atoms with Crippen molar-refractivity contribution >= 4 is 0 Å². The van der Waals surface area contributed by atoms with Gasteiger partial charge in [-0.1, -0.05) is 13.8 Å². The lowest BCUT2D eigenvalue weighted by molar-refractivity contribution is 0.383. The number of likely N-dealkylation sites (N-methyl/N-ethyl adjacent to an activating group) is 1. The van der Waals surface area contributed by atoms with Crippen LogP contribution in [0.5, 0.6) is 0 Å². The van der Waals surface area contributed by atoms with Crippen LogP contribution in [0.1, 0.15) is 43.5 Å². The highest BCUT2D eigenvalue weighted by molar-refractivity contribution is 5.22. The minimum absolute atomic E-state index is 0.646. The summed E-state index contributed by atoms with van der Waals surface area (Å²) in [5.74, 6) is 2.00. The van der Waals surface area contributed by atoms with E-state index in [2.05, 4.69) is 35.7 Å². The first-order chi connectivity index (χ1) is 9.15. The van der Waals surface area contributed by atoms with Crippen molar-refractivity contribution in [3.05, 3.63) is 17.2 Å². The molecule has 1 atom stereocenters. The molecule has 3 heterocycles. The average Bonchev–Trinajstić information content (AvgIpc) is 2.91. The molecule has 1 aromatic heterocycles. The zero-order chi connectivity index (χ0) is 13.4. The summed E-state index contributed by atoms with van der Waals surface area (Å²) < 4.78 is 2.60. The van der Waals surface area contributed by atoms with Crippen LogP contribution in [0.15, 0.2) is 0 Å². The summed E-state index contributed by atoms with van der Waals surface area (Å²) >= 11 is 0. The van der Waals surface area contributed by atoms with Gasteiger partial charge in [0, 0.05) is 44.2 Å². The topological polar surface area (TPSA) is 33.1 Å². The Morgan fingerprint density at radius 3 is 2.95 bits per heavy atom. The molecule has 0 saturated carbocycles. The smallest absolute Gasteiger partial charge is 0.109 e. The molecule has 0 aliphatic carbocycles. The number of rotatable bonds is 3. The van der Waals surface area contributed by atoms with Gasteiger partial charge in [0.1, 0.15) is 5.82 Å². The Kier molecular flexibility index (Phi) is 3.63. The van der Waals surface area contributed by atoms with E-state index in [0.29, 0.717) is 12.0 Å². The minimum Gasteiger partial charge on any atom is -0.327 e. The summed E-state index contributed by atoms with van der Waals surface area (Å²) in [6.45, 7) is 9.03. The van der Waals surface area contributed by atoms with Crippen molar-refractivity contribution in [1.29, 1.82) is 0 Å². The van der Waals surface area contributed by atoms with Crippen LogP contribution in [0.2, 0.25) is 0 Å². The van der Waals surface area contributed by atoms with Gasteiger partial charge in [-0.05, 0) is 25.9 Å². The lowest BCUT2D eigenvalue weighted by Gasteiger charge is -2.22. The number of nitrogens with zero attached hydrogens (tertiary/aromatic N) is 3. The molecule has 3 rings (SSSR count). The molecule has 4 heteroatoms. The van der Waals surface area contributed by atoms with E-state index in [1.54, 1.807) is 0 Å². The molecule has 1 fully saturated rings. The highest BCUT2D eigenvalue weighted by Crippen LogP contribution is 2.28. The molecule has 0 bridgehead atoms. The number of imidazole rings is 1. The van der Waals surface area contributed by atoms with E-state index >= 15 is 0 Å². The molecule has 0 radical (unpaired) electrons. The van der Waals surface area contributed by atoms with Gasteiger partial charge in [0.25, 0.3) is 0 Å². The number of aromatic nitrogens is 2. The van der Waals surface area contributed by atoms with E-state index in [4.69, 9.17) is 4.98 Å². The van der Waals surface area contributed by atoms with Crippen LogP contribution in [0.3, 0.4) is 0 Å². The number of hydrogen-bond acceptors (Lipinski definition) is 3. The average molecular weight is 262 g/mol. The number of fused-ring (bicyclic) bond motifs is 1. The van der Waals surface area contributed by atoms with Crippen molar-refractivity contribution in [3.63, 3.8) is 0 Å². The molecular weight excluding hydrogens is 236 g/mol. The number of nitrogens with one attached hydrogen (secondary N) is 1. The Morgan fingerprint density at radius 1 is 1.42 bits per heavy atom. The quantitative estimate of drug-likeness (QED) is 0.898. The van der Waals surface area contributed by atoms with Gasteiger partial charge in [-0.15, -0.1) is 0 Å². The first-order valence-electron chi connectivity index (χ1n) is 7.63. The monoisotopic (exact) mass is 262 g/mol. The maximum atomic E-state index is 4.94. The Bertz CT molecular complexity index is 449. The van der Waals surface area contributed by atoms with Crippen molar-refractivity contribution in [3.8, 4) is 0 Å². The lowest BCUT2D eigenvalue weighted by atomic mass is 10.1. The van der Waals surface area contributed by atoms with Crippen LogP contribution in [0.4, 0.5) is 0 Å². The molecule has 0 amide bonds. The van der Waals surface area contributed by atoms with Crippen LogP contribution < -0.4 is 5.32 Å². The van der Waals surface area contributed by atoms with Gasteiger partial charge in [-0.2, -0.15) is 0 Å². The largest absolute Gasteiger partial charge is 0.327 e. The first kappa shape index (κ1) is 13.1. The molecule has 0 aromatic carbocycles. The van der Waals surface area contributed by atoms with E-state index in [-0.39, 0.29) is 0 Å². The molecule has 0 spiro atoms. The summed E-state index contributed by atoms with van der Waals surface area (Å²) in [4.78, 5) is 7.38. The summed E-state index contributed by atoms with van der Waals surface area (Å²) in [5.41, 5.74) is 2.81. The zero-order valence-electron chi connectivity index (χ0n) is 12.4. The fraction of sp³-hybridized carbons (Fsp3) is 0.800. The zero-order valence-corrected chi connectivity index (χ0v) is 12.4. The van der Waals surface area contributed by atoms with Gasteiger partial charge >= 0.3 is 0 Å². The van der Waals surface area contributed by atoms with Crippen molar-refractivity contribution < 1.29 is 0 Å². The predicted octanol–water partition coefficient (Wildman–Crippen LogP) is 1.60. The van der Waals surface area contributed by atoms with E-state index in [9.17, 15) is 0 Å². The molecule has 2 aliphatic rings. The Labute approximate surface area is 116 Å². The second-order valence-corrected chi connectivity index (χ2v) is 6.52. The Morgan fingerprint density at radius 2 is 2.26 bits per heavy atom. The minimum atomic E-state index is 0.646. The predicted molar refractivity (Wildman–Crippen MR) is 77.3 cm³/mol. The molecule has 19 heavy (non-hydrogen) atoms. The van der Waals surface area contributed by atoms with E-state index < -0.39 is 0 Å². The molecule has 1 unspecified atom stereocenters. The third kappa shape index (κ3) is 2.56. The van der Waals surface area contributed by atoms with Gasteiger partial charge < -0.3 is 14.8 Å². The fourth-order valence-electron chi connectivity index (χ4n) is 3.45. The van der Waals surface area contributed by atoms with Crippen molar-refractivity contribution in [2.24, 2.45) is 5.92 Å². The molecule has 106 valence electrons. The van der Waals surface area contributed by atoms with Crippen LogP contribution >= 0.6 is 0 Å². The van der Waals surface area contributed by atoms with Crippen LogP contribution in [0.25, 0.3) is 0 Å². The second-order valence-electron chi connectivity index (χ2n) is 6.52. The molecule has 1 aromatic rings. The second kappa shape index (κ2) is 5.25. The van der Waals surface area contributed by atoms with Crippen molar-refractivity contribution in [1.82, 2.24) is 19.8 Å². The summed E-state index contributed by atoms with van der Waals surface area (Å²) in [7, 11) is 2.23. The number of likely N-dealkylation sites (tertiary alicyclic amines) is 1. The van der Waals surface area contributed by atoms with Crippen LogP contribution in [0, 0.1) is 5.92 Å². The molecule has 2 aliphatic heterocycles. The Balaban J connectivity index is 1.96. The molecule has 1 N–H and O–H groups in total. The third-order valence-corrected chi connectivity index (χ3v) is 4.32. The van der Waals surface area contributed by atoms with E-state index in [1.807, 2.05) is 0 Å². The maximum Gasteiger partial charge on any atom is 0.109 e. The van der Waals surface area contributed by atoms with Crippen LogP contribution in [-0.2, 0) is 19.4 Å². The first-order valence-corrected chi connectivity index (χ1v) is 7.63. The highest BCUT2D eigenvalue weighted by Gasteiger charge is 2.28. The van der Waals surface area contributed by atoms with E-state index in [0.717, 1.165) is 25.9 Å². The van der Waals surface area contributed by atoms with Crippen LogP contribution in [-0.4, -0.2) is 41.1 Å². The van der Waals surface area contributed by atoms with Gasteiger partial charge in [-0.3, -0.25) is 0 Å². The maximum absolute atomic E-state index is 4.94. The van der Waals surface area contributed by atoms with Crippen molar-refractivity contribution in [2.75, 3.05) is 26.7 Å². The standard InChI is InChI=1S/C15H26N4/c1-11(2)8-15-17-13-9-16-6-4-14(13)19(15)12-5-7-18(3)10-12/h11-12,16H,4-10H2,1-3H3.